The first-order valence-electron chi connectivity index (χ1n) is 4.41. The molecule has 0 aromatic carbocycles. The molecule has 0 bridgehead atoms. The van der Waals surface area contributed by atoms with Gasteiger partial charge in [-0.3, -0.25) is 4.98 Å². The Kier molecular flexibility index (Phi) is 3.42. The van der Waals surface area contributed by atoms with Gasteiger partial charge in [0.2, 0.25) is 0 Å². The lowest BCUT2D eigenvalue weighted by atomic mass is 10.4. The van der Waals surface area contributed by atoms with E-state index < -0.39 is 0 Å². The van der Waals surface area contributed by atoms with Crippen molar-refractivity contribution in [3.05, 3.63) is 22.3 Å². The third-order valence-corrected chi connectivity index (χ3v) is 3.95. The van der Waals surface area contributed by atoms with Gasteiger partial charge in [-0.2, -0.15) is 0 Å². The second-order valence-corrected chi connectivity index (χ2v) is 4.86. The van der Waals surface area contributed by atoms with Crippen molar-refractivity contribution in [2.45, 2.75) is 13.2 Å². The fourth-order valence-electron chi connectivity index (χ4n) is 1.22. The summed E-state index contributed by atoms with van der Waals surface area (Å²) in [4.78, 5) is 10.7. The summed E-state index contributed by atoms with van der Waals surface area (Å²) in [5.41, 5.74) is 8.39. The molecular weight excluding hydrogens is 230 g/mol. The molecule has 0 radical (unpaired) electrons. The maximum atomic E-state index is 5.65. The molecule has 0 atom stereocenters. The second kappa shape index (κ2) is 4.80. The zero-order valence-corrected chi connectivity index (χ0v) is 9.90. The van der Waals surface area contributed by atoms with E-state index in [2.05, 4.69) is 9.97 Å². The molecule has 0 aliphatic rings. The van der Waals surface area contributed by atoms with Crippen molar-refractivity contribution in [1.82, 2.24) is 9.97 Å². The van der Waals surface area contributed by atoms with Crippen molar-refractivity contribution >= 4 is 22.7 Å². The van der Waals surface area contributed by atoms with Crippen LogP contribution in [0, 0.1) is 0 Å². The van der Waals surface area contributed by atoms with Crippen LogP contribution in [0.15, 0.2) is 11.7 Å². The molecule has 0 saturated heterocycles. The quantitative estimate of drug-likeness (QED) is 0.887. The molecule has 2 aromatic rings. The third-order valence-electron chi connectivity index (χ3n) is 1.89. The van der Waals surface area contributed by atoms with Crippen molar-refractivity contribution in [2.24, 2.45) is 5.73 Å². The van der Waals surface area contributed by atoms with E-state index in [1.807, 2.05) is 6.20 Å². The van der Waals surface area contributed by atoms with Crippen LogP contribution in [0.25, 0.3) is 9.88 Å². The minimum absolute atomic E-state index is 0.509. The lowest BCUT2D eigenvalue weighted by Gasteiger charge is -1.95. The Morgan fingerprint density at radius 1 is 1.53 bits per heavy atom. The molecule has 2 N–H and O–H groups in total. The minimum Gasteiger partial charge on any atom is -0.378 e. The Balaban J connectivity index is 2.34. The molecule has 0 aliphatic heterocycles. The highest BCUT2D eigenvalue weighted by atomic mass is 32.1. The SMILES string of the molecule is COCc1nc(-c2cncs2)sc1CN. The number of nitrogens with two attached hydrogens (primary N) is 1. The van der Waals surface area contributed by atoms with E-state index in [4.69, 9.17) is 10.5 Å². The zero-order valence-electron chi connectivity index (χ0n) is 8.27. The monoisotopic (exact) mass is 241 g/mol. The van der Waals surface area contributed by atoms with Crippen molar-refractivity contribution in [3.63, 3.8) is 0 Å². The smallest absolute Gasteiger partial charge is 0.135 e. The fraction of sp³-hybridized carbons (Fsp3) is 0.333. The van der Waals surface area contributed by atoms with Gasteiger partial charge in [-0.05, 0) is 0 Å². The van der Waals surface area contributed by atoms with E-state index in [1.165, 1.54) is 0 Å². The molecule has 0 amide bonds. The Bertz CT molecular complexity index is 425. The molecule has 0 aliphatic carbocycles. The van der Waals surface area contributed by atoms with Crippen LogP contribution in [0.3, 0.4) is 0 Å². The van der Waals surface area contributed by atoms with Gasteiger partial charge in [-0.1, -0.05) is 0 Å². The molecule has 4 nitrogen and oxygen atoms in total. The average Bonchev–Trinajstić information content (AvgIpc) is 2.84. The number of ether oxygens (including phenoxy) is 1. The number of nitrogens with zero attached hydrogens (tertiary/aromatic N) is 2. The molecule has 2 rings (SSSR count). The first-order chi connectivity index (χ1) is 7.35. The summed E-state index contributed by atoms with van der Waals surface area (Å²) in [5.74, 6) is 0. The summed E-state index contributed by atoms with van der Waals surface area (Å²) in [5, 5.41) is 0.977. The molecule has 2 heterocycles. The number of methoxy groups -OCH3 is 1. The Morgan fingerprint density at radius 2 is 2.40 bits per heavy atom. The lowest BCUT2D eigenvalue weighted by molar-refractivity contribution is 0.181. The first-order valence-corrected chi connectivity index (χ1v) is 6.11. The second-order valence-electron chi connectivity index (χ2n) is 2.89. The van der Waals surface area contributed by atoms with E-state index in [-0.39, 0.29) is 0 Å². The van der Waals surface area contributed by atoms with Crippen LogP contribution in [0.4, 0.5) is 0 Å². The predicted octanol–water partition coefficient (Wildman–Crippen LogP) is 1.87. The van der Waals surface area contributed by atoms with E-state index >= 15 is 0 Å². The molecule has 80 valence electrons. The average molecular weight is 241 g/mol. The predicted molar refractivity (Wildman–Crippen MR) is 61.8 cm³/mol. The standard InChI is InChI=1S/C9H11N3OS2/c1-13-4-6-7(2-10)15-9(12-6)8-3-11-5-14-8/h3,5H,2,4,10H2,1H3. The summed E-state index contributed by atoms with van der Waals surface area (Å²) < 4.78 is 5.08. The van der Waals surface area contributed by atoms with Gasteiger partial charge >= 0.3 is 0 Å². The summed E-state index contributed by atoms with van der Waals surface area (Å²) in [7, 11) is 1.66. The summed E-state index contributed by atoms with van der Waals surface area (Å²) >= 11 is 3.19. The highest BCUT2D eigenvalue weighted by molar-refractivity contribution is 7.20. The topological polar surface area (TPSA) is 61.0 Å². The van der Waals surface area contributed by atoms with Crippen LogP contribution in [0.5, 0.6) is 0 Å². The van der Waals surface area contributed by atoms with Gasteiger partial charge in [0.05, 0.1) is 22.7 Å². The number of rotatable bonds is 4. The highest BCUT2D eigenvalue weighted by Gasteiger charge is 2.11. The highest BCUT2D eigenvalue weighted by Crippen LogP contribution is 2.30. The Morgan fingerprint density at radius 3 is 3.00 bits per heavy atom. The summed E-state index contributed by atoms with van der Waals surface area (Å²) in [6.07, 6.45) is 1.82. The lowest BCUT2D eigenvalue weighted by Crippen LogP contribution is -1.99. The van der Waals surface area contributed by atoms with Gasteiger partial charge in [0, 0.05) is 24.7 Å². The molecule has 2 aromatic heterocycles. The maximum absolute atomic E-state index is 5.65. The van der Waals surface area contributed by atoms with Crippen molar-refractivity contribution in [2.75, 3.05) is 7.11 Å². The fourth-order valence-corrected chi connectivity index (χ4v) is 2.84. The van der Waals surface area contributed by atoms with E-state index in [9.17, 15) is 0 Å². The summed E-state index contributed by atoms with van der Waals surface area (Å²) in [6, 6.07) is 0. The number of aromatic nitrogens is 2. The Labute approximate surface area is 95.8 Å². The molecule has 0 unspecified atom stereocenters. The Hall–Kier alpha value is -0.820. The molecule has 6 heteroatoms. The van der Waals surface area contributed by atoms with Crippen molar-refractivity contribution in [3.8, 4) is 9.88 Å². The van der Waals surface area contributed by atoms with Gasteiger partial charge in [-0.25, -0.2) is 4.98 Å². The number of thiazole rings is 2. The zero-order chi connectivity index (χ0) is 10.7. The number of hydrogen-bond acceptors (Lipinski definition) is 6. The summed E-state index contributed by atoms with van der Waals surface area (Å²) in [6.45, 7) is 1.02. The van der Waals surface area contributed by atoms with Crippen molar-refractivity contribution < 1.29 is 4.74 Å². The minimum atomic E-state index is 0.509. The molecule has 0 saturated carbocycles. The van der Waals surface area contributed by atoms with E-state index in [0.717, 1.165) is 20.5 Å². The number of hydrogen-bond donors (Lipinski definition) is 1. The van der Waals surface area contributed by atoms with Gasteiger partial charge in [0.15, 0.2) is 0 Å². The molecule has 0 spiro atoms. The maximum Gasteiger partial charge on any atom is 0.135 e. The molecular formula is C9H11N3OS2. The van der Waals surface area contributed by atoms with Crippen LogP contribution >= 0.6 is 22.7 Å². The third kappa shape index (κ3) is 2.23. The van der Waals surface area contributed by atoms with Crippen molar-refractivity contribution in [1.29, 1.82) is 0 Å². The van der Waals surface area contributed by atoms with Crippen LogP contribution in [-0.2, 0) is 17.9 Å². The van der Waals surface area contributed by atoms with Crippen LogP contribution in [0.1, 0.15) is 10.6 Å². The van der Waals surface area contributed by atoms with E-state index in [1.54, 1.807) is 35.3 Å². The van der Waals surface area contributed by atoms with Gasteiger partial charge in [0.1, 0.15) is 5.01 Å². The van der Waals surface area contributed by atoms with Crippen LogP contribution in [-0.4, -0.2) is 17.1 Å². The van der Waals surface area contributed by atoms with Crippen LogP contribution in [0.2, 0.25) is 0 Å². The van der Waals surface area contributed by atoms with Crippen LogP contribution < -0.4 is 5.73 Å². The van der Waals surface area contributed by atoms with Gasteiger partial charge in [0.25, 0.3) is 0 Å². The van der Waals surface area contributed by atoms with Gasteiger partial charge in [-0.15, -0.1) is 22.7 Å². The normalized spacial score (nSPS) is 10.8. The largest absolute Gasteiger partial charge is 0.378 e. The molecule has 15 heavy (non-hydrogen) atoms. The first kappa shape index (κ1) is 10.7. The van der Waals surface area contributed by atoms with Gasteiger partial charge < -0.3 is 10.5 Å². The molecule has 0 fully saturated rings. The van der Waals surface area contributed by atoms with E-state index in [0.29, 0.717) is 13.2 Å².